The Morgan fingerprint density at radius 2 is 0.246 bits per heavy atom. The van der Waals surface area contributed by atoms with Gasteiger partial charge in [-0.15, -0.1) is 0 Å². The topological polar surface area (TPSA) is 19.7 Å². The van der Waals surface area contributed by atoms with E-state index in [9.17, 15) is 0 Å². The lowest BCUT2D eigenvalue weighted by atomic mass is 9.93. The van der Waals surface area contributed by atoms with Crippen molar-refractivity contribution in [1.82, 2.24) is 18.3 Å². The van der Waals surface area contributed by atoms with Crippen molar-refractivity contribution in [2.24, 2.45) is 0 Å². The van der Waals surface area contributed by atoms with E-state index in [4.69, 9.17) is 0 Å². The first-order valence-corrected chi connectivity index (χ1v) is 44.7. The number of rotatable bonds is 15. The largest absolute Gasteiger partial charge is 0.309 e. The average Bonchev–Trinajstić information content (AvgIpc) is 1.55. The van der Waals surface area contributed by atoms with E-state index in [1.54, 1.807) is 0 Å². The highest BCUT2D eigenvalue weighted by Crippen LogP contribution is 2.45. The first-order chi connectivity index (χ1) is 64.4. The fraction of sp³-hybridized carbons (Fsp3) is 0. The van der Waals surface area contributed by atoms with E-state index in [-0.39, 0.29) is 0 Å². The number of nitrogens with zero attached hydrogens (tertiary/aromatic N) is 4. The van der Waals surface area contributed by atoms with Gasteiger partial charge in [0.05, 0.1) is 44.1 Å². The molecular formula is C126H84N4. The predicted molar refractivity (Wildman–Crippen MR) is 550 cm³/mol. The first kappa shape index (κ1) is 76.5. The fourth-order valence-electron chi connectivity index (χ4n) is 19.9. The van der Waals surface area contributed by atoms with Crippen LogP contribution < -0.4 is 0 Å². The minimum atomic E-state index is 1.13. The molecule has 0 radical (unpaired) electrons. The van der Waals surface area contributed by atoms with Crippen molar-refractivity contribution in [3.63, 3.8) is 0 Å². The van der Waals surface area contributed by atoms with Crippen molar-refractivity contribution < 1.29 is 0 Å². The molecule has 4 heteroatoms. The van der Waals surface area contributed by atoms with Gasteiger partial charge in [0, 0.05) is 65.8 Å². The Bertz CT molecular complexity index is 8160. The Balaban J connectivity index is 0.000000150. The van der Waals surface area contributed by atoms with Crippen molar-refractivity contribution in [1.29, 1.82) is 0 Å². The SMILES string of the molecule is c1ccc(-c2cc(-c3ccccc3)cc(-c3cccc(-n4c5ccccc5c5cc(-c6ccc7c(c6)c6ccccc6n7-c6cccc(-c7cc(-c8ccccc8)cc(-c8ccccc8)c7)c6)ccc54)c3)c2)cc1.c1ccc(-c2cc(-c3ccccc3)cc(-c3cccc(-n4c5ccccc5c5cc(-c6ccc7c(c6)c6ccccc6n7-c6ccccc6)ccc54)c3)c2)cc1. The van der Waals surface area contributed by atoms with Crippen molar-refractivity contribution >= 4 is 87.2 Å². The molecule has 0 bridgehead atoms. The summed E-state index contributed by atoms with van der Waals surface area (Å²) in [5, 5.41) is 9.93. The normalized spacial score (nSPS) is 11.5. The van der Waals surface area contributed by atoms with Crippen LogP contribution in [0.25, 0.3) is 232 Å². The molecule has 0 fully saturated rings. The summed E-state index contributed by atoms with van der Waals surface area (Å²) in [4.78, 5) is 0. The van der Waals surface area contributed by atoms with Gasteiger partial charge in [-0.1, -0.05) is 334 Å². The second kappa shape index (κ2) is 32.7. The minimum absolute atomic E-state index is 1.13. The summed E-state index contributed by atoms with van der Waals surface area (Å²) < 4.78 is 9.67. The summed E-state index contributed by atoms with van der Waals surface area (Å²) in [5.74, 6) is 0. The summed E-state index contributed by atoms with van der Waals surface area (Å²) in [7, 11) is 0. The van der Waals surface area contributed by atoms with E-state index in [0.29, 0.717) is 0 Å². The van der Waals surface area contributed by atoms with Crippen LogP contribution in [0.1, 0.15) is 0 Å². The molecule has 4 aromatic heterocycles. The van der Waals surface area contributed by atoms with E-state index in [0.717, 1.165) is 17.1 Å². The molecule has 25 aromatic rings. The number of aromatic nitrogens is 4. The standard InChI is InChI=1S/C72H48N2.C54H36N2/c1-5-19-49(20-6-1)57-39-58(50-21-7-2-8-22-50)42-61(41-57)53-27-17-29-63(45-53)73-69-33-15-13-31-65(69)67-47-55(35-37-71(67)73)56-36-38-72-68(48-56)66-32-14-16-34-70(66)74(72)64-30-18-28-54(46-64)62-43-59(51-23-9-3-10-24-51)40-60(44-62)52-25-11-4-12-26-52;1-4-15-37(16-5-1)42-31-43(38-17-6-2-7-18-38)33-44(32-42)39-19-14-22-46(34-39)56-52-26-13-11-24-48(52)50-36-41(28-30-54(50)56)40-27-29-53-49(35-40)47-23-10-12-25-51(47)55(53)45-20-8-3-9-21-45/h1-48H;1-36H. The zero-order valence-corrected chi connectivity index (χ0v) is 71.3. The van der Waals surface area contributed by atoms with Gasteiger partial charge in [0.2, 0.25) is 0 Å². The van der Waals surface area contributed by atoms with Gasteiger partial charge in [0.25, 0.3) is 0 Å². The van der Waals surface area contributed by atoms with Crippen LogP contribution in [0.5, 0.6) is 0 Å². The van der Waals surface area contributed by atoms with E-state index in [1.165, 1.54) is 215 Å². The molecule has 608 valence electrons. The molecule has 0 saturated carbocycles. The van der Waals surface area contributed by atoms with Crippen LogP contribution in [0.4, 0.5) is 0 Å². The molecular weight excluding hydrogens is 1570 g/mol. The molecule has 4 heterocycles. The molecule has 25 rings (SSSR count). The lowest BCUT2D eigenvalue weighted by Gasteiger charge is -2.14. The maximum atomic E-state index is 2.43. The summed E-state index contributed by atoms with van der Waals surface area (Å²) in [6.45, 7) is 0. The van der Waals surface area contributed by atoms with E-state index in [2.05, 4.69) is 528 Å². The molecule has 21 aromatic carbocycles. The highest BCUT2D eigenvalue weighted by molar-refractivity contribution is 6.15. The second-order valence-corrected chi connectivity index (χ2v) is 33.9. The molecule has 4 nitrogen and oxygen atoms in total. The Kier molecular flexibility index (Phi) is 19.3. The highest BCUT2D eigenvalue weighted by Gasteiger charge is 2.22. The minimum Gasteiger partial charge on any atom is -0.309 e. The van der Waals surface area contributed by atoms with Crippen molar-refractivity contribution in [3.05, 3.63) is 510 Å². The third-order valence-corrected chi connectivity index (χ3v) is 26.1. The molecule has 0 aliphatic rings. The number of hydrogen-bond acceptors (Lipinski definition) is 0. The van der Waals surface area contributed by atoms with Gasteiger partial charge in [0.15, 0.2) is 0 Å². The lowest BCUT2D eigenvalue weighted by Crippen LogP contribution is -1.95. The van der Waals surface area contributed by atoms with Gasteiger partial charge in [-0.05, 0) is 298 Å². The Labute approximate surface area is 754 Å². The first-order valence-electron chi connectivity index (χ1n) is 44.7. The van der Waals surface area contributed by atoms with E-state index in [1.807, 2.05) is 0 Å². The van der Waals surface area contributed by atoms with Crippen LogP contribution in [-0.4, -0.2) is 18.3 Å². The lowest BCUT2D eigenvalue weighted by molar-refractivity contribution is 1.18. The zero-order valence-electron chi connectivity index (χ0n) is 71.3. The monoisotopic (exact) mass is 1650 g/mol. The van der Waals surface area contributed by atoms with Crippen molar-refractivity contribution in [2.45, 2.75) is 0 Å². The molecule has 0 unspecified atom stereocenters. The summed E-state index contributed by atoms with van der Waals surface area (Å²) in [5.41, 5.74) is 40.5. The predicted octanol–water partition coefficient (Wildman–Crippen LogP) is 34.1. The Morgan fingerprint density at radius 3 is 0.477 bits per heavy atom. The number of benzene rings is 21. The molecule has 0 saturated heterocycles. The zero-order chi connectivity index (χ0) is 86.0. The van der Waals surface area contributed by atoms with Crippen LogP contribution in [0.3, 0.4) is 0 Å². The number of fused-ring (bicyclic) bond motifs is 12. The molecule has 0 spiro atoms. The average molecular weight is 1650 g/mol. The number of hydrogen-bond donors (Lipinski definition) is 0. The third kappa shape index (κ3) is 14.0. The second-order valence-electron chi connectivity index (χ2n) is 33.9. The van der Waals surface area contributed by atoms with E-state index >= 15 is 0 Å². The van der Waals surface area contributed by atoms with Gasteiger partial charge >= 0.3 is 0 Å². The smallest absolute Gasteiger partial charge is 0.0541 e. The summed E-state index contributed by atoms with van der Waals surface area (Å²) >= 11 is 0. The highest BCUT2D eigenvalue weighted by atomic mass is 15.0. The van der Waals surface area contributed by atoms with E-state index < -0.39 is 0 Å². The molecule has 0 amide bonds. The van der Waals surface area contributed by atoms with Gasteiger partial charge in [-0.3, -0.25) is 0 Å². The van der Waals surface area contributed by atoms with Crippen LogP contribution >= 0.6 is 0 Å². The third-order valence-electron chi connectivity index (χ3n) is 26.1. The molecule has 0 atom stereocenters. The van der Waals surface area contributed by atoms with Gasteiger partial charge in [-0.2, -0.15) is 0 Å². The molecule has 0 N–H and O–H groups in total. The Morgan fingerprint density at radius 1 is 0.0846 bits per heavy atom. The Hall–Kier alpha value is -17.2. The quantitative estimate of drug-likeness (QED) is 0.0975. The van der Waals surface area contributed by atoms with Crippen LogP contribution in [-0.2, 0) is 0 Å². The summed E-state index contributed by atoms with van der Waals surface area (Å²) in [6, 6.07) is 186. The van der Waals surface area contributed by atoms with Crippen LogP contribution in [0, 0.1) is 0 Å². The molecule has 130 heavy (non-hydrogen) atoms. The maximum Gasteiger partial charge on any atom is 0.0541 e. The summed E-state index contributed by atoms with van der Waals surface area (Å²) in [6.07, 6.45) is 0. The van der Waals surface area contributed by atoms with Crippen molar-refractivity contribution in [2.75, 3.05) is 0 Å². The molecule has 0 aliphatic carbocycles. The van der Waals surface area contributed by atoms with Crippen molar-refractivity contribution in [3.8, 4) is 145 Å². The molecule has 0 aliphatic heterocycles. The van der Waals surface area contributed by atoms with Crippen LogP contribution in [0.15, 0.2) is 510 Å². The fourth-order valence-corrected chi connectivity index (χ4v) is 19.9. The number of para-hydroxylation sites is 5. The maximum absolute atomic E-state index is 2.43. The van der Waals surface area contributed by atoms with Gasteiger partial charge in [-0.25, -0.2) is 0 Å². The van der Waals surface area contributed by atoms with Gasteiger partial charge < -0.3 is 18.3 Å². The van der Waals surface area contributed by atoms with Gasteiger partial charge in [0.1, 0.15) is 0 Å². The van der Waals surface area contributed by atoms with Crippen LogP contribution in [0.2, 0.25) is 0 Å².